The van der Waals surface area contributed by atoms with E-state index in [4.69, 9.17) is 9.29 Å². The van der Waals surface area contributed by atoms with E-state index in [0.717, 1.165) is 6.26 Å². The number of sulfone groups is 1. The average Bonchev–Trinajstić information content (AvgIpc) is 1.99. The second-order valence-electron chi connectivity index (χ2n) is 3.70. The Hall–Kier alpha value is -0.180. The van der Waals surface area contributed by atoms with Gasteiger partial charge in [-0.05, 0) is 12.8 Å². The van der Waals surface area contributed by atoms with Gasteiger partial charge in [-0.3, -0.25) is 4.55 Å². The van der Waals surface area contributed by atoms with Gasteiger partial charge in [0.15, 0.2) is 0 Å². The lowest BCUT2D eigenvalue weighted by molar-refractivity contribution is 0.0317. The first kappa shape index (κ1) is 12.9. The fourth-order valence-corrected chi connectivity index (χ4v) is 3.68. The first-order valence-electron chi connectivity index (χ1n) is 4.46. The predicted octanol–water partition coefficient (Wildman–Crippen LogP) is -0.534. The van der Waals surface area contributed by atoms with Crippen molar-refractivity contribution in [2.24, 2.45) is 0 Å². The number of hydrogen-bond donors (Lipinski definition) is 1. The molecule has 1 rings (SSSR count). The van der Waals surface area contributed by atoms with Gasteiger partial charge in [-0.15, -0.1) is 0 Å². The highest BCUT2D eigenvalue weighted by Crippen LogP contribution is 2.21. The molecule has 0 aromatic heterocycles. The molecule has 0 saturated carbocycles. The molecule has 1 fully saturated rings. The first-order chi connectivity index (χ1) is 6.70. The topological polar surface area (TPSA) is 97.7 Å². The van der Waals surface area contributed by atoms with E-state index < -0.39 is 31.3 Å². The Morgan fingerprint density at radius 2 is 1.93 bits per heavy atom. The van der Waals surface area contributed by atoms with Gasteiger partial charge in [-0.25, -0.2) is 8.42 Å². The molecule has 6 nitrogen and oxygen atoms in total. The van der Waals surface area contributed by atoms with Gasteiger partial charge in [0.2, 0.25) is 0 Å². The van der Waals surface area contributed by atoms with E-state index in [-0.39, 0.29) is 12.2 Å². The van der Waals surface area contributed by atoms with Crippen LogP contribution in [-0.4, -0.2) is 51.4 Å². The zero-order chi connectivity index (χ0) is 11.7. The summed E-state index contributed by atoms with van der Waals surface area (Å²) in [6.07, 6.45) is 0.791. The summed E-state index contributed by atoms with van der Waals surface area (Å²) in [5, 5.41) is -1.12. The van der Waals surface area contributed by atoms with Crippen molar-refractivity contribution < 1.29 is 26.1 Å². The highest BCUT2D eigenvalue weighted by molar-refractivity contribution is 7.90. The molecule has 0 aromatic carbocycles. The predicted molar refractivity (Wildman–Crippen MR) is 54.0 cm³/mol. The maximum absolute atomic E-state index is 11.0. The van der Waals surface area contributed by atoms with Crippen LogP contribution in [0.1, 0.15) is 12.8 Å². The summed E-state index contributed by atoms with van der Waals surface area (Å²) in [5.41, 5.74) is 0. The first-order valence-corrected chi connectivity index (χ1v) is 8.02. The lowest BCUT2D eigenvalue weighted by Gasteiger charge is -2.28. The fourth-order valence-electron chi connectivity index (χ4n) is 1.61. The van der Waals surface area contributed by atoms with Crippen molar-refractivity contribution in [3.8, 4) is 0 Å². The Labute approximate surface area is 89.3 Å². The van der Waals surface area contributed by atoms with Crippen LogP contribution >= 0.6 is 0 Å². The second kappa shape index (κ2) is 4.36. The van der Waals surface area contributed by atoms with Crippen LogP contribution < -0.4 is 0 Å². The third-order valence-electron chi connectivity index (χ3n) is 2.23. The maximum atomic E-state index is 11.0. The summed E-state index contributed by atoms with van der Waals surface area (Å²) in [5.74, 6) is -0.378. The number of hydrogen-bond acceptors (Lipinski definition) is 5. The molecule has 2 atom stereocenters. The van der Waals surface area contributed by atoms with Crippen LogP contribution in [0.2, 0.25) is 0 Å². The molecule has 1 aliphatic rings. The van der Waals surface area contributed by atoms with Gasteiger partial charge in [0, 0.05) is 12.9 Å². The summed E-state index contributed by atoms with van der Waals surface area (Å²) in [7, 11) is -7.55. The summed E-state index contributed by atoms with van der Waals surface area (Å²) in [6, 6.07) is 0. The lowest BCUT2D eigenvalue weighted by Crippen LogP contribution is -2.43. The van der Waals surface area contributed by atoms with Crippen LogP contribution in [0.5, 0.6) is 0 Å². The molecule has 0 amide bonds. The Kier molecular flexibility index (Phi) is 3.75. The van der Waals surface area contributed by atoms with E-state index in [1.54, 1.807) is 0 Å². The van der Waals surface area contributed by atoms with Crippen LogP contribution in [0.4, 0.5) is 0 Å². The molecule has 0 unspecified atom stereocenters. The zero-order valence-corrected chi connectivity index (χ0v) is 9.92. The zero-order valence-electron chi connectivity index (χ0n) is 8.29. The minimum absolute atomic E-state index is 0.235. The number of ether oxygens (including phenoxy) is 1. The van der Waals surface area contributed by atoms with Gasteiger partial charge in [-0.1, -0.05) is 0 Å². The van der Waals surface area contributed by atoms with Crippen molar-refractivity contribution in [2.45, 2.75) is 24.2 Å². The molecule has 0 spiro atoms. The highest BCUT2D eigenvalue weighted by Gasteiger charge is 2.37. The molecule has 1 N–H and O–H groups in total. The standard InChI is InChI=1S/C7H14O6S2/c1-14(8,9)5-6-7(15(10,11)12)3-2-4-13-6/h6-7H,2-5H2,1H3,(H,10,11,12)/t6-,7+/m1/s1. The van der Waals surface area contributed by atoms with Gasteiger partial charge in [0.05, 0.1) is 11.9 Å². The van der Waals surface area contributed by atoms with E-state index in [0.29, 0.717) is 13.0 Å². The molecule has 0 radical (unpaired) electrons. The molecule has 15 heavy (non-hydrogen) atoms. The van der Waals surface area contributed by atoms with Crippen molar-refractivity contribution in [1.82, 2.24) is 0 Å². The quantitative estimate of drug-likeness (QED) is 0.683. The van der Waals surface area contributed by atoms with Crippen molar-refractivity contribution in [2.75, 3.05) is 18.6 Å². The summed E-state index contributed by atoms with van der Waals surface area (Å²) in [6.45, 7) is 0.326. The normalized spacial score (nSPS) is 28.9. The molecular weight excluding hydrogens is 244 g/mol. The van der Waals surface area contributed by atoms with Gasteiger partial charge >= 0.3 is 0 Å². The van der Waals surface area contributed by atoms with Crippen molar-refractivity contribution in [3.63, 3.8) is 0 Å². The molecule has 90 valence electrons. The average molecular weight is 258 g/mol. The minimum Gasteiger partial charge on any atom is -0.376 e. The monoisotopic (exact) mass is 258 g/mol. The minimum atomic E-state index is -4.24. The summed E-state index contributed by atoms with van der Waals surface area (Å²) >= 11 is 0. The van der Waals surface area contributed by atoms with Gasteiger partial charge in [0.25, 0.3) is 10.1 Å². The van der Waals surface area contributed by atoms with Crippen LogP contribution in [0, 0.1) is 0 Å². The molecule has 1 heterocycles. The number of rotatable bonds is 3. The van der Waals surface area contributed by atoms with Crippen molar-refractivity contribution >= 4 is 20.0 Å². The van der Waals surface area contributed by atoms with Gasteiger partial charge in [0.1, 0.15) is 15.1 Å². The maximum Gasteiger partial charge on any atom is 0.270 e. The molecule has 0 aromatic rings. The molecular formula is C7H14O6S2. The van der Waals surface area contributed by atoms with Gasteiger partial charge < -0.3 is 4.74 Å². The summed E-state index contributed by atoms with van der Waals surface area (Å²) < 4.78 is 57.9. The van der Waals surface area contributed by atoms with Crippen LogP contribution in [-0.2, 0) is 24.7 Å². The SMILES string of the molecule is CS(=O)(=O)C[C@H]1OCCC[C@@H]1S(=O)(=O)O. The second-order valence-corrected chi connectivity index (χ2v) is 7.52. The smallest absolute Gasteiger partial charge is 0.270 e. The molecule has 0 aliphatic carbocycles. The summed E-state index contributed by atoms with van der Waals surface area (Å²) in [4.78, 5) is 0. The Morgan fingerprint density at radius 1 is 1.33 bits per heavy atom. The largest absolute Gasteiger partial charge is 0.376 e. The van der Waals surface area contributed by atoms with Crippen LogP contribution in [0.15, 0.2) is 0 Å². The third-order valence-corrected chi connectivity index (χ3v) is 4.47. The van der Waals surface area contributed by atoms with E-state index in [1.807, 2.05) is 0 Å². The van der Waals surface area contributed by atoms with Crippen LogP contribution in [0.3, 0.4) is 0 Å². The van der Waals surface area contributed by atoms with E-state index in [9.17, 15) is 16.8 Å². The van der Waals surface area contributed by atoms with E-state index in [1.165, 1.54) is 0 Å². The Bertz CT molecular complexity index is 409. The van der Waals surface area contributed by atoms with Crippen molar-refractivity contribution in [1.29, 1.82) is 0 Å². The Morgan fingerprint density at radius 3 is 2.40 bits per heavy atom. The molecule has 1 aliphatic heterocycles. The van der Waals surface area contributed by atoms with Gasteiger partial charge in [-0.2, -0.15) is 8.42 Å². The Balaban J connectivity index is 2.84. The van der Waals surface area contributed by atoms with E-state index >= 15 is 0 Å². The highest BCUT2D eigenvalue weighted by atomic mass is 32.2. The lowest BCUT2D eigenvalue weighted by atomic mass is 10.1. The fraction of sp³-hybridized carbons (Fsp3) is 1.00. The molecule has 1 saturated heterocycles. The molecule has 0 bridgehead atoms. The van der Waals surface area contributed by atoms with Crippen LogP contribution in [0.25, 0.3) is 0 Å². The van der Waals surface area contributed by atoms with Crippen molar-refractivity contribution in [3.05, 3.63) is 0 Å². The molecule has 8 heteroatoms. The van der Waals surface area contributed by atoms with E-state index in [2.05, 4.69) is 0 Å². The third kappa shape index (κ3) is 4.06.